The smallest absolute Gasteiger partial charge is 0.326 e. The largest absolute Gasteiger partial charge is 0.465 e. The molecule has 0 radical (unpaired) electrons. The molecule has 3 heterocycles. The second-order valence-electron chi connectivity index (χ2n) is 7.04. The third-order valence-corrected chi connectivity index (χ3v) is 4.84. The quantitative estimate of drug-likeness (QED) is 0.403. The van der Waals surface area contributed by atoms with E-state index >= 15 is 0 Å². The number of aromatic nitrogens is 2. The number of nitrogens with one attached hydrogen (secondary N) is 1. The SMILES string of the molecule is CCOC(=O)C1C(=O)/C(=C/c2c[nH]c3ncccc23)OC1=Nc1ccc(C)cc1C. The molecular formula is C23H21N3O4. The Morgan fingerprint density at radius 1 is 1.33 bits per heavy atom. The van der Waals surface area contributed by atoms with Gasteiger partial charge in [0.05, 0.1) is 12.3 Å². The normalized spacial score (nSPS) is 18.9. The molecule has 7 heteroatoms. The number of Topliss-reactive ketones (excluding diaryl/α,β-unsaturated/α-hetero) is 1. The van der Waals surface area contributed by atoms with Crippen molar-refractivity contribution >= 4 is 40.4 Å². The topological polar surface area (TPSA) is 93.6 Å². The molecule has 30 heavy (non-hydrogen) atoms. The molecule has 1 atom stereocenters. The number of aryl methyl sites for hydroxylation is 2. The molecule has 0 saturated carbocycles. The molecule has 1 N–H and O–H groups in total. The number of pyridine rings is 1. The minimum absolute atomic E-state index is 0.0228. The van der Waals surface area contributed by atoms with E-state index in [0.717, 1.165) is 22.1 Å². The van der Waals surface area contributed by atoms with Gasteiger partial charge in [0.1, 0.15) is 5.65 Å². The maximum Gasteiger partial charge on any atom is 0.326 e. The first-order chi connectivity index (χ1) is 14.5. The fourth-order valence-corrected chi connectivity index (χ4v) is 3.39. The van der Waals surface area contributed by atoms with Gasteiger partial charge in [-0.05, 0) is 50.6 Å². The highest BCUT2D eigenvalue weighted by Crippen LogP contribution is 2.30. The Morgan fingerprint density at radius 3 is 2.93 bits per heavy atom. The number of allylic oxidation sites excluding steroid dienone is 1. The number of nitrogens with zero attached hydrogens (tertiary/aromatic N) is 2. The van der Waals surface area contributed by atoms with E-state index in [1.54, 1.807) is 25.4 Å². The van der Waals surface area contributed by atoms with Gasteiger partial charge in [-0.25, -0.2) is 9.98 Å². The second kappa shape index (κ2) is 7.94. The van der Waals surface area contributed by atoms with E-state index in [-0.39, 0.29) is 18.3 Å². The van der Waals surface area contributed by atoms with Crippen molar-refractivity contribution in [3.8, 4) is 0 Å². The third-order valence-electron chi connectivity index (χ3n) is 4.84. The van der Waals surface area contributed by atoms with Gasteiger partial charge < -0.3 is 14.5 Å². The summed E-state index contributed by atoms with van der Waals surface area (Å²) < 4.78 is 10.9. The molecule has 152 valence electrons. The summed E-state index contributed by atoms with van der Waals surface area (Å²) in [5.74, 6) is -2.30. The van der Waals surface area contributed by atoms with Gasteiger partial charge in [0.2, 0.25) is 11.7 Å². The average Bonchev–Trinajstić information content (AvgIpc) is 3.26. The molecule has 0 aliphatic carbocycles. The summed E-state index contributed by atoms with van der Waals surface area (Å²) in [6, 6.07) is 9.42. The summed E-state index contributed by atoms with van der Waals surface area (Å²) >= 11 is 0. The highest BCUT2D eigenvalue weighted by atomic mass is 16.5. The summed E-state index contributed by atoms with van der Waals surface area (Å²) in [5.41, 5.74) is 4.07. The number of H-pyrrole nitrogens is 1. The summed E-state index contributed by atoms with van der Waals surface area (Å²) in [5, 5.41) is 0.842. The highest BCUT2D eigenvalue weighted by Gasteiger charge is 2.44. The predicted octanol–water partition coefficient (Wildman–Crippen LogP) is 4.03. The number of aliphatic imine (C=N–C) groups is 1. The van der Waals surface area contributed by atoms with Crippen LogP contribution in [0.5, 0.6) is 0 Å². The summed E-state index contributed by atoms with van der Waals surface area (Å²) in [6.45, 7) is 5.75. The monoisotopic (exact) mass is 403 g/mol. The van der Waals surface area contributed by atoms with Crippen LogP contribution in [0.2, 0.25) is 0 Å². The first kappa shape index (κ1) is 19.6. The van der Waals surface area contributed by atoms with Crippen molar-refractivity contribution in [3.05, 3.63) is 65.2 Å². The van der Waals surface area contributed by atoms with Crippen LogP contribution in [0.1, 0.15) is 23.6 Å². The molecule has 2 aromatic heterocycles. The summed E-state index contributed by atoms with van der Waals surface area (Å²) in [4.78, 5) is 37.3. The number of rotatable bonds is 4. The van der Waals surface area contributed by atoms with Crippen LogP contribution in [0, 0.1) is 19.8 Å². The van der Waals surface area contributed by atoms with Crippen molar-refractivity contribution in [1.29, 1.82) is 0 Å². The van der Waals surface area contributed by atoms with E-state index in [2.05, 4.69) is 15.0 Å². The summed E-state index contributed by atoms with van der Waals surface area (Å²) in [7, 11) is 0. The molecule has 1 saturated heterocycles. The van der Waals surface area contributed by atoms with Gasteiger partial charge in [-0.3, -0.25) is 9.59 Å². The van der Waals surface area contributed by atoms with Crippen LogP contribution in [0.4, 0.5) is 5.69 Å². The van der Waals surface area contributed by atoms with E-state index in [1.165, 1.54) is 0 Å². The number of ketones is 1. The highest BCUT2D eigenvalue weighted by molar-refractivity contribution is 6.27. The number of benzene rings is 1. The van der Waals surface area contributed by atoms with Crippen LogP contribution in [-0.2, 0) is 19.1 Å². The van der Waals surface area contributed by atoms with Gasteiger partial charge in [0.15, 0.2) is 11.7 Å². The standard InChI is InChI=1S/C23H21N3O4/c1-4-29-23(28)19-20(27)18(11-15-12-25-21-16(15)6-5-9-24-21)30-22(19)26-17-8-7-13(2)10-14(17)3/h5-12,19H,4H2,1-3H3,(H,24,25)/b18-11-,26-22?. The molecule has 1 unspecified atom stereocenters. The Bertz CT molecular complexity index is 1210. The maximum atomic E-state index is 13.0. The summed E-state index contributed by atoms with van der Waals surface area (Å²) in [6.07, 6.45) is 5.01. The van der Waals surface area contributed by atoms with Crippen LogP contribution < -0.4 is 0 Å². The minimum Gasteiger partial charge on any atom is -0.465 e. The Labute approximate surface area is 173 Å². The molecule has 7 nitrogen and oxygen atoms in total. The molecule has 1 aliphatic rings. The van der Waals surface area contributed by atoms with E-state index < -0.39 is 17.7 Å². The molecule has 4 rings (SSSR count). The van der Waals surface area contributed by atoms with Crippen molar-refractivity contribution in [2.75, 3.05) is 6.61 Å². The lowest BCUT2D eigenvalue weighted by atomic mass is 10.0. The number of aromatic amines is 1. The second-order valence-corrected chi connectivity index (χ2v) is 7.04. The van der Waals surface area contributed by atoms with Gasteiger partial charge in [-0.2, -0.15) is 0 Å². The fourth-order valence-electron chi connectivity index (χ4n) is 3.39. The zero-order chi connectivity index (χ0) is 21.3. The van der Waals surface area contributed by atoms with E-state index in [4.69, 9.17) is 9.47 Å². The minimum atomic E-state index is -1.22. The molecule has 3 aromatic rings. The molecular weight excluding hydrogens is 382 g/mol. The zero-order valence-electron chi connectivity index (χ0n) is 16.9. The first-order valence-electron chi connectivity index (χ1n) is 9.66. The van der Waals surface area contributed by atoms with Crippen LogP contribution in [0.15, 0.2) is 53.5 Å². The van der Waals surface area contributed by atoms with Crippen molar-refractivity contribution in [3.63, 3.8) is 0 Å². The fraction of sp³-hybridized carbons (Fsp3) is 0.217. The Balaban J connectivity index is 1.76. The number of carbonyl (C=O) groups is 2. The molecule has 1 fully saturated rings. The van der Waals surface area contributed by atoms with Crippen LogP contribution in [-0.4, -0.2) is 34.2 Å². The average molecular weight is 403 g/mol. The first-order valence-corrected chi connectivity index (χ1v) is 9.66. The number of ether oxygens (including phenoxy) is 2. The van der Waals surface area contributed by atoms with Crippen molar-refractivity contribution in [1.82, 2.24) is 9.97 Å². The Kier molecular flexibility index (Phi) is 5.18. The number of hydrogen-bond donors (Lipinski definition) is 1. The van der Waals surface area contributed by atoms with Crippen molar-refractivity contribution < 1.29 is 19.1 Å². The van der Waals surface area contributed by atoms with Crippen LogP contribution >= 0.6 is 0 Å². The lowest BCUT2D eigenvalue weighted by Crippen LogP contribution is -2.27. The lowest BCUT2D eigenvalue weighted by Gasteiger charge is -2.07. The molecule has 0 bridgehead atoms. The van der Waals surface area contributed by atoms with E-state index in [9.17, 15) is 9.59 Å². The number of fused-ring (bicyclic) bond motifs is 1. The van der Waals surface area contributed by atoms with Crippen LogP contribution in [0.25, 0.3) is 17.1 Å². The predicted molar refractivity (Wildman–Crippen MR) is 113 cm³/mol. The molecule has 1 aliphatic heterocycles. The molecule has 0 spiro atoms. The van der Waals surface area contributed by atoms with Crippen molar-refractivity contribution in [2.45, 2.75) is 20.8 Å². The Hall–Kier alpha value is -3.74. The molecule has 1 aromatic carbocycles. The Morgan fingerprint density at radius 2 is 2.17 bits per heavy atom. The maximum absolute atomic E-state index is 13.0. The van der Waals surface area contributed by atoms with E-state index in [1.807, 2.05) is 44.2 Å². The van der Waals surface area contributed by atoms with E-state index in [0.29, 0.717) is 11.3 Å². The lowest BCUT2D eigenvalue weighted by molar-refractivity contribution is -0.147. The van der Waals surface area contributed by atoms with Gasteiger partial charge in [0, 0.05) is 23.3 Å². The number of carbonyl (C=O) groups excluding carboxylic acids is 2. The molecule has 0 amide bonds. The van der Waals surface area contributed by atoms with Gasteiger partial charge in [0.25, 0.3) is 0 Å². The number of esters is 1. The van der Waals surface area contributed by atoms with Crippen molar-refractivity contribution in [2.24, 2.45) is 10.9 Å². The zero-order valence-corrected chi connectivity index (χ0v) is 16.9. The van der Waals surface area contributed by atoms with Crippen LogP contribution in [0.3, 0.4) is 0 Å². The third kappa shape index (κ3) is 3.61. The van der Waals surface area contributed by atoms with Gasteiger partial charge >= 0.3 is 5.97 Å². The number of hydrogen-bond acceptors (Lipinski definition) is 6. The van der Waals surface area contributed by atoms with Gasteiger partial charge in [-0.1, -0.05) is 17.7 Å². The van der Waals surface area contributed by atoms with Gasteiger partial charge in [-0.15, -0.1) is 0 Å².